The van der Waals surface area contributed by atoms with E-state index in [1.807, 2.05) is 0 Å². The van der Waals surface area contributed by atoms with E-state index in [9.17, 15) is 8.78 Å². The highest BCUT2D eigenvalue weighted by atomic mass is 19.3. The molecule has 0 saturated heterocycles. The number of aromatic nitrogens is 1. The lowest BCUT2D eigenvalue weighted by Gasteiger charge is -2.07. The highest BCUT2D eigenvalue weighted by Gasteiger charge is 2.15. The van der Waals surface area contributed by atoms with Gasteiger partial charge in [-0.15, -0.1) is 0 Å². The van der Waals surface area contributed by atoms with Gasteiger partial charge in [-0.2, -0.15) is 8.78 Å². The summed E-state index contributed by atoms with van der Waals surface area (Å²) in [5, 5.41) is 0. The number of benzene rings is 2. The third-order valence-electron chi connectivity index (χ3n) is 2.75. The van der Waals surface area contributed by atoms with Crippen molar-refractivity contribution in [3.63, 3.8) is 0 Å². The van der Waals surface area contributed by atoms with Crippen molar-refractivity contribution in [3.8, 4) is 17.2 Å². The van der Waals surface area contributed by atoms with Crippen LogP contribution in [0.3, 0.4) is 0 Å². The lowest BCUT2D eigenvalue weighted by molar-refractivity contribution is -0.0495. The predicted octanol–water partition coefficient (Wildman–Crippen LogP) is 3.68. The largest absolute Gasteiger partial charge is 0.436 e. The third-order valence-corrected chi connectivity index (χ3v) is 2.75. The second kappa shape index (κ2) is 4.80. The Morgan fingerprint density at radius 1 is 1.15 bits per heavy atom. The number of hydrogen-bond acceptors (Lipinski definition) is 4. The van der Waals surface area contributed by atoms with Crippen molar-refractivity contribution in [2.24, 2.45) is 0 Å². The lowest BCUT2D eigenvalue weighted by atomic mass is 10.2. The monoisotopic (exact) mass is 276 g/mol. The maximum Gasteiger partial charge on any atom is 0.387 e. The van der Waals surface area contributed by atoms with E-state index in [0.29, 0.717) is 22.4 Å². The summed E-state index contributed by atoms with van der Waals surface area (Å²) in [5.74, 6) is 0.226. The summed E-state index contributed by atoms with van der Waals surface area (Å²) in [6, 6.07) is 11.3. The minimum Gasteiger partial charge on any atom is -0.436 e. The topological polar surface area (TPSA) is 61.3 Å². The molecule has 20 heavy (non-hydrogen) atoms. The second-order valence-electron chi connectivity index (χ2n) is 4.12. The van der Waals surface area contributed by atoms with Crippen molar-refractivity contribution < 1.29 is 17.9 Å². The Morgan fingerprint density at radius 3 is 2.75 bits per heavy atom. The molecule has 2 N–H and O–H groups in total. The van der Waals surface area contributed by atoms with Gasteiger partial charge in [0.15, 0.2) is 5.58 Å². The van der Waals surface area contributed by atoms with Gasteiger partial charge in [-0.1, -0.05) is 12.1 Å². The molecule has 0 unspecified atom stereocenters. The van der Waals surface area contributed by atoms with Crippen molar-refractivity contribution in [2.75, 3.05) is 5.73 Å². The summed E-state index contributed by atoms with van der Waals surface area (Å²) in [7, 11) is 0. The summed E-state index contributed by atoms with van der Waals surface area (Å²) >= 11 is 0. The summed E-state index contributed by atoms with van der Waals surface area (Å²) in [6.45, 7) is -2.91. The number of nitrogens with two attached hydrogens (primary N) is 1. The molecule has 2 aromatic carbocycles. The number of anilines is 1. The fourth-order valence-electron chi connectivity index (χ4n) is 1.90. The van der Waals surface area contributed by atoms with Crippen LogP contribution >= 0.6 is 0 Å². The predicted molar refractivity (Wildman–Crippen MR) is 70.5 cm³/mol. The first-order chi connectivity index (χ1) is 9.63. The van der Waals surface area contributed by atoms with Crippen LogP contribution < -0.4 is 10.5 Å². The van der Waals surface area contributed by atoms with E-state index in [1.54, 1.807) is 36.4 Å². The highest BCUT2D eigenvalue weighted by Crippen LogP contribution is 2.32. The minimum absolute atomic E-state index is 0.0158. The maximum absolute atomic E-state index is 12.4. The molecule has 1 aromatic heterocycles. The Morgan fingerprint density at radius 2 is 1.95 bits per heavy atom. The fraction of sp³-hybridized carbons (Fsp3) is 0.0714. The summed E-state index contributed by atoms with van der Waals surface area (Å²) in [4.78, 5) is 4.24. The van der Waals surface area contributed by atoms with Crippen LogP contribution in [0.4, 0.5) is 14.5 Å². The van der Waals surface area contributed by atoms with Crippen molar-refractivity contribution in [2.45, 2.75) is 6.61 Å². The molecule has 3 rings (SSSR count). The van der Waals surface area contributed by atoms with Crippen LogP contribution in [-0.4, -0.2) is 11.6 Å². The molecule has 0 amide bonds. The Labute approximate surface area is 112 Å². The average Bonchev–Trinajstić information content (AvgIpc) is 2.81. The molecule has 0 fully saturated rings. The first-order valence-corrected chi connectivity index (χ1v) is 5.84. The number of para-hydroxylation sites is 1. The molecule has 0 bridgehead atoms. The molecule has 0 atom stereocenters. The summed E-state index contributed by atoms with van der Waals surface area (Å²) in [6.07, 6.45) is 0. The maximum atomic E-state index is 12.4. The molecule has 6 heteroatoms. The Kier molecular flexibility index (Phi) is 2.98. The minimum atomic E-state index is -2.91. The van der Waals surface area contributed by atoms with Gasteiger partial charge in [-0.3, -0.25) is 0 Å². The number of nitrogens with zero attached hydrogens (tertiary/aromatic N) is 1. The number of alkyl halides is 2. The number of oxazole rings is 1. The number of hydrogen-bond donors (Lipinski definition) is 1. The van der Waals surface area contributed by atoms with Crippen LogP contribution in [0.2, 0.25) is 0 Å². The molecule has 3 aromatic rings. The molecule has 102 valence electrons. The van der Waals surface area contributed by atoms with E-state index in [0.717, 1.165) is 0 Å². The van der Waals surface area contributed by atoms with Crippen LogP contribution in [0.25, 0.3) is 22.6 Å². The Balaban J connectivity index is 2.10. The zero-order valence-electron chi connectivity index (χ0n) is 10.2. The van der Waals surface area contributed by atoms with Gasteiger partial charge < -0.3 is 14.9 Å². The van der Waals surface area contributed by atoms with E-state index in [4.69, 9.17) is 10.2 Å². The molecular formula is C14H10F2N2O2. The smallest absolute Gasteiger partial charge is 0.387 e. The van der Waals surface area contributed by atoms with Crippen molar-refractivity contribution in [1.29, 1.82) is 0 Å². The molecule has 0 saturated carbocycles. The lowest BCUT2D eigenvalue weighted by Crippen LogP contribution is -2.02. The SMILES string of the molecule is Nc1ccc2oc(-c3ccccc3OC(F)F)nc2c1. The third kappa shape index (κ3) is 2.27. The second-order valence-corrected chi connectivity index (χ2v) is 4.12. The van der Waals surface area contributed by atoms with E-state index >= 15 is 0 Å². The van der Waals surface area contributed by atoms with Gasteiger partial charge in [-0.05, 0) is 30.3 Å². The van der Waals surface area contributed by atoms with Gasteiger partial charge in [0.1, 0.15) is 11.3 Å². The Bertz CT molecular complexity index is 756. The highest BCUT2D eigenvalue weighted by molar-refractivity contribution is 5.80. The summed E-state index contributed by atoms with van der Waals surface area (Å²) in [5.41, 5.74) is 7.67. The van der Waals surface area contributed by atoms with Gasteiger partial charge in [0.05, 0.1) is 5.56 Å². The van der Waals surface area contributed by atoms with E-state index in [-0.39, 0.29) is 11.6 Å². The van der Waals surface area contributed by atoms with Gasteiger partial charge >= 0.3 is 6.61 Å². The first kappa shape index (κ1) is 12.4. The molecule has 0 radical (unpaired) electrons. The van der Waals surface area contributed by atoms with Crippen LogP contribution in [0.1, 0.15) is 0 Å². The van der Waals surface area contributed by atoms with Crippen molar-refractivity contribution in [1.82, 2.24) is 4.98 Å². The van der Waals surface area contributed by atoms with E-state index in [2.05, 4.69) is 9.72 Å². The standard InChI is InChI=1S/C14H10F2N2O2/c15-14(16)20-11-4-2-1-3-9(11)13-18-10-7-8(17)5-6-12(10)19-13/h1-7,14H,17H2. The normalized spacial score (nSPS) is 11.2. The van der Waals surface area contributed by atoms with Crippen LogP contribution in [-0.2, 0) is 0 Å². The molecule has 0 aliphatic rings. The molecule has 4 nitrogen and oxygen atoms in total. The first-order valence-electron chi connectivity index (χ1n) is 5.84. The van der Waals surface area contributed by atoms with Gasteiger partial charge in [-0.25, -0.2) is 4.98 Å². The molecule has 1 heterocycles. The number of fused-ring (bicyclic) bond motifs is 1. The molecule has 0 aliphatic heterocycles. The number of halogens is 2. The number of nitrogen functional groups attached to an aromatic ring is 1. The van der Waals surface area contributed by atoms with Gasteiger partial charge in [0.25, 0.3) is 0 Å². The van der Waals surface area contributed by atoms with Crippen molar-refractivity contribution in [3.05, 3.63) is 42.5 Å². The zero-order chi connectivity index (χ0) is 14.1. The van der Waals surface area contributed by atoms with E-state index in [1.165, 1.54) is 6.07 Å². The molecule has 0 aliphatic carbocycles. The van der Waals surface area contributed by atoms with Crippen LogP contribution in [0.15, 0.2) is 46.9 Å². The number of ether oxygens (including phenoxy) is 1. The quantitative estimate of drug-likeness (QED) is 0.741. The zero-order valence-corrected chi connectivity index (χ0v) is 10.2. The summed E-state index contributed by atoms with van der Waals surface area (Å²) < 4.78 is 34.8. The average molecular weight is 276 g/mol. The van der Waals surface area contributed by atoms with E-state index < -0.39 is 6.61 Å². The van der Waals surface area contributed by atoms with Crippen LogP contribution in [0.5, 0.6) is 5.75 Å². The molecule has 0 spiro atoms. The Hall–Kier alpha value is -2.63. The number of rotatable bonds is 3. The van der Waals surface area contributed by atoms with Gasteiger partial charge in [0.2, 0.25) is 5.89 Å². The molecular weight excluding hydrogens is 266 g/mol. The fourth-order valence-corrected chi connectivity index (χ4v) is 1.90. The van der Waals surface area contributed by atoms with Gasteiger partial charge in [0, 0.05) is 5.69 Å². The van der Waals surface area contributed by atoms with Crippen LogP contribution in [0, 0.1) is 0 Å². The van der Waals surface area contributed by atoms with Crippen molar-refractivity contribution >= 4 is 16.8 Å².